The monoisotopic (exact) mass is 256 g/mol. The second kappa shape index (κ2) is 4.27. The number of nitrogens with zero attached hydrogens (tertiary/aromatic N) is 6. The summed E-state index contributed by atoms with van der Waals surface area (Å²) < 4.78 is 1.56. The molecule has 0 aliphatic carbocycles. The molecule has 7 nitrogen and oxygen atoms in total. The van der Waals surface area contributed by atoms with E-state index < -0.39 is 0 Å². The number of rotatable bonds is 2. The number of hydrogen-bond acceptors (Lipinski definition) is 6. The van der Waals surface area contributed by atoms with Crippen molar-refractivity contribution < 1.29 is 4.79 Å². The van der Waals surface area contributed by atoms with Crippen LogP contribution >= 0.6 is 0 Å². The predicted molar refractivity (Wildman–Crippen MR) is 69.3 cm³/mol. The fourth-order valence-electron chi connectivity index (χ4n) is 1.83. The van der Waals surface area contributed by atoms with Gasteiger partial charge in [-0.3, -0.25) is 4.79 Å². The Morgan fingerprint density at radius 2 is 2.00 bits per heavy atom. The van der Waals surface area contributed by atoms with Crippen LogP contribution in [0.4, 0.5) is 11.6 Å². The molecule has 0 N–H and O–H groups in total. The van der Waals surface area contributed by atoms with E-state index in [4.69, 9.17) is 0 Å². The van der Waals surface area contributed by atoms with Gasteiger partial charge in [-0.05, 0) is 29.5 Å². The van der Waals surface area contributed by atoms with Crippen LogP contribution < -0.4 is 5.01 Å². The number of anilines is 2. The first-order valence-electron chi connectivity index (χ1n) is 5.86. The summed E-state index contributed by atoms with van der Waals surface area (Å²) in [6.07, 6.45) is 0. The number of aryl methyl sites for hydroxylation is 1. The van der Waals surface area contributed by atoms with E-state index in [0.717, 1.165) is 11.3 Å². The Balaban J connectivity index is 2.09. The molecule has 0 saturated carbocycles. The normalized spacial score (nSPS) is 14.0. The van der Waals surface area contributed by atoms with Gasteiger partial charge >= 0.3 is 0 Å². The van der Waals surface area contributed by atoms with Gasteiger partial charge in [0, 0.05) is 6.92 Å². The van der Waals surface area contributed by atoms with E-state index in [9.17, 15) is 4.79 Å². The molecule has 1 aromatic carbocycles. The largest absolute Gasteiger partial charge is 0.293 e. The Kier molecular flexibility index (Phi) is 2.59. The van der Waals surface area contributed by atoms with Crippen LogP contribution in [0.25, 0.3) is 0 Å². The minimum Gasteiger partial charge on any atom is -0.293 e. The van der Waals surface area contributed by atoms with Crippen molar-refractivity contribution in [1.82, 2.24) is 20.2 Å². The molecular weight excluding hydrogens is 244 g/mol. The number of aromatic nitrogens is 4. The van der Waals surface area contributed by atoms with Crippen LogP contribution in [0.1, 0.15) is 12.5 Å². The van der Waals surface area contributed by atoms with Gasteiger partial charge in [0.15, 0.2) is 5.78 Å². The van der Waals surface area contributed by atoms with E-state index in [2.05, 4.69) is 20.6 Å². The van der Waals surface area contributed by atoms with Crippen molar-refractivity contribution in [2.75, 3.05) is 5.01 Å². The zero-order valence-electron chi connectivity index (χ0n) is 10.6. The van der Waals surface area contributed by atoms with Crippen molar-refractivity contribution in [3.8, 4) is 0 Å². The van der Waals surface area contributed by atoms with Crippen molar-refractivity contribution in [3.63, 3.8) is 0 Å². The van der Waals surface area contributed by atoms with Gasteiger partial charge in [0.25, 0.3) is 5.95 Å². The number of ketones is 1. The number of carbonyl (C=O) groups excluding carboxylic acids is 1. The lowest BCUT2D eigenvalue weighted by Crippen LogP contribution is -2.30. The van der Waals surface area contributed by atoms with Crippen LogP contribution in [0.3, 0.4) is 0 Å². The van der Waals surface area contributed by atoms with Crippen molar-refractivity contribution in [2.24, 2.45) is 5.10 Å². The molecule has 1 aliphatic heterocycles. The summed E-state index contributed by atoms with van der Waals surface area (Å²) in [6.45, 7) is 3.80. The Morgan fingerprint density at radius 3 is 2.68 bits per heavy atom. The number of Topliss-reactive ketones (excluding diaryl/α,β-unsaturated/α-hetero) is 1. The smallest absolute Gasteiger partial charge is 0.271 e. The lowest BCUT2D eigenvalue weighted by Gasteiger charge is -2.23. The lowest BCUT2D eigenvalue weighted by atomic mass is 10.2. The molecule has 0 radical (unpaired) electrons. The first kappa shape index (κ1) is 11.5. The second-order valence-corrected chi connectivity index (χ2v) is 4.39. The third-order valence-electron chi connectivity index (χ3n) is 2.91. The first-order valence-corrected chi connectivity index (χ1v) is 5.86. The average Bonchev–Trinajstić information content (AvgIpc) is 2.86. The lowest BCUT2D eigenvalue weighted by molar-refractivity contribution is -0.111. The Labute approximate surface area is 109 Å². The van der Waals surface area contributed by atoms with E-state index in [1.165, 1.54) is 6.92 Å². The highest BCUT2D eigenvalue weighted by atomic mass is 16.1. The maximum atomic E-state index is 11.5. The van der Waals surface area contributed by atoms with Crippen LogP contribution in [0.2, 0.25) is 0 Å². The van der Waals surface area contributed by atoms with E-state index in [0.29, 0.717) is 18.2 Å². The van der Waals surface area contributed by atoms with Gasteiger partial charge in [-0.2, -0.15) is 10.1 Å². The summed E-state index contributed by atoms with van der Waals surface area (Å²) in [5, 5.41) is 17.3. The second-order valence-electron chi connectivity index (χ2n) is 4.39. The molecule has 1 aromatic heterocycles. The molecule has 0 fully saturated rings. The summed E-state index contributed by atoms with van der Waals surface area (Å²) >= 11 is 0. The molecule has 0 unspecified atom stereocenters. The fourth-order valence-corrected chi connectivity index (χ4v) is 1.83. The van der Waals surface area contributed by atoms with Crippen LogP contribution in [0, 0.1) is 6.92 Å². The van der Waals surface area contributed by atoms with Crippen LogP contribution in [0.5, 0.6) is 0 Å². The highest BCUT2D eigenvalue weighted by Gasteiger charge is 2.25. The molecule has 0 bridgehead atoms. The highest BCUT2D eigenvalue weighted by Crippen LogP contribution is 2.26. The predicted octanol–water partition coefficient (Wildman–Crippen LogP) is 1.08. The number of hydrogen-bond donors (Lipinski definition) is 0. The van der Waals surface area contributed by atoms with E-state index in [1.807, 2.05) is 31.2 Å². The summed E-state index contributed by atoms with van der Waals surface area (Å²) in [7, 11) is 0. The molecule has 0 saturated heterocycles. The number of hydrazone groups is 1. The maximum absolute atomic E-state index is 11.5. The summed E-state index contributed by atoms with van der Waals surface area (Å²) in [5.74, 6) is 0.423. The Morgan fingerprint density at radius 1 is 1.26 bits per heavy atom. The van der Waals surface area contributed by atoms with E-state index >= 15 is 0 Å². The quantitative estimate of drug-likeness (QED) is 0.803. The molecule has 2 heterocycles. The van der Waals surface area contributed by atoms with Gasteiger partial charge in [-0.25, -0.2) is 4.68 Å². The molecule has 0 atom stereocenters. The van der Waals surface area contributed by atoms with Crippen LogP contribution in [-0.4, -0.2) is 31.7 Å². The van der Waals surface area contributed by atoms with Gasteiger partial charge in [-0.1, -0.05) is 22.8 Å². The summed E-state index contributed by atoms with van der Waals surface area (Å²) in [5.41, 5.74) is 2.40. The van der Waals surface area contributed by atoms with Crippen molar-refractivity contribution in [2.45, 2.75) is 20.4 Å². The van der Waals surface area contributed by atoms with Gasteiger partial charge in [0.1, 0.15) is 5.71 Å². The molecule has 1 aliphatic rings. The third kappa shape index (κ3) is 1.99. The first-order chi connectivity index (χ1) is 9.15. The third-order valence-corrected chi connectivity index (χ3v) is 2.91. The topological polar surface area (TPSA) is 76.3 Å². The molecule has 2 aromatic rings. The van der Waals surface area contributed by atoms with Gasteiger partial charge in [0.2, 0.25) is 0 Å². The molecular formula is C12H12N6O. The minimum atomic E-state index is -0.0849. The standard InChI is InChI=1S/C12H12N6O/c1-8-3-5-10(6-4-8)18-12-13-15-16-17(12)7-11(14-18)9(2)19/h3-6H,7H2,1-2H3. The van der Waals surface area contributed by atoms with Crippen molar-refractivity contribution in [3.05, 3.63) is 29.8 Å². The number of carbonyl (C=O) groups is 1. The molecule has 7 heteroatoms. The fraction of sp³-hybridized carbons (Fsp3) is 0.250. The maximum Gasteiger partial charge on any atom is 0.271 e. The Bertz CT molecular complexity index is 657. The number of benzene rings is 1. The summed E-state index contributed by atoms with van der Waals surface area (Å²) in [6, 6.07) is 7.78. The van der Waals surface area contributed by atoms with Gasteiger partial charge in [0.05, 0.1) is 12.2 Å². The SMILES string of the molecule is CC(=O)C1=NN(c2ccc(C)cc2)c2nnnn2C1. The van der Waals surface area contributed by atoms with E-state index in [1.54, 1.807) is 9.69 Å². The number of tetrazole rings is 1. The molecule has 0 amide bonds. The molecule has 0 spiro atoms. The molecule has 3 rings (SSSR count). The summed E-state index contributed by atoms with van der Waals surface area (Å²) in [4.78, 5) is 11.5. The van der Waals surface area contributed by atoms with Gasteiger partial charge in [-0.15, -0.1) is 0 Å². The molecule has 96 valence electrons. The minimum absolute atomic E-state index is 0.0849. The highest BCUT2D eigenvalue weighted by molar-refractivity contribution is 6.39. The van der Waals surface area contributed by atoms with Crippen LogP contribution in [-0.2, 0) is 11.3 Å². The zero-order valence-corrected chi connectivity index (χ0v) is 10.6. The van der Waals surface area contributed by atoms with Gasteiger partial charge < -0.3 is 0 Å². The Hall–Kier alpha value is -2.57. The van der Waals surface area contributed by atoms with E-state index in [-0.39, 0.29) is 5.78 Å². The average molecular weight is 256 g/mol. The molecule has 19 heavy (non-hydrogen) atoms. The zero-order chi connectivity index (χ0) is 13.4. The van der Waals surface area contributed by atoms with Crippen molar-refractivity contribution >= 4 is 23.1 Å². The van der Waals surface area contributed by atoms with Crippen LogP contribution in [0.15, 0.2) is 29.4 Å². The number of fused-ring (bicyclic) bond motifs is 1. The van der Waals surface area contributed by atoms with Crippen molar-refractivity contribution in [1.29, 1.82) is 0 Å².